The highest BCUT2D eigenvalue weighted by Crippen LogP contribution is 2.33. The number of hydrogen-bond acceptors (Lipinski definition) is 4. The Bertz CT molecular complexity index is 740. The number of carbonyl (C=O) groups excluding carboxylic acids is 1. The molecule has 0 bridgehead atoms. The van der Waals surface area contributed by atoms with Crippen molar-refractivity contribution < 1.29 is 18.7 Å². The minimum absolute atomic E-state index is 0.187. The van der Waals surface area contributed by atoms with E-state index in [0.29, 0.717) is 12.1 Å². The second-order valence-electron chi connectivity index (χ2n) is 6.72. The van der Waals surface area contributed by atoms with E-state index in [2.05, 4.69) is 23.6 Å². The molecule has 4 rings (SSSR count). The van der Waals surface area contributed by atoms with Gasteiger partial charge >= 0.3 is 6.09 Å². The van der Waals surface area contributed by atoms with Crippen molar-refractivity contribution in [1.29, 1.82) is 0 Å². The van der Waals surface area contributed by atoms with Crippen LogP contribution in [0.25, 0.3) is 11.0 Å². The van der Waals surface area contributed by atoms with E-state index in [4.69, 9.17) is 4.74 Å². The molecule has 0 saturated carbocycles. The number of halogens is 1. The number of rotatable bonds is 1. The summed E-state index contributed by atoms with van der Waals surface area (Å²) in [4.78, 5) is 16.5. The van der Waals surface area contributed by atoms with E-state index in [-0.39, 0.29) is 18.0 Å². The van der Waals surface area contributed by atoms with E-state index < -0.39 is 0 Å². The normalized spacial score (nSPS) is 16.4. The second kappa shape index (κ2) is 13.0. The standard InChI is InChI=1S/C10H9FN2O.C6H11NO2.C4H10.C2H6/c1-6-4-14-8-3-2-7(11)9-10(8)13(6)5-12-9;1-9-6(8)7-4-2-3-5-7;1-3-4-2;1-2/h2-3,5-6H,4H2,1H3;2-5H2,1H3;3-4H2,1-2H3;1-2H3/t6-;;;/m0.../s1. The Balaban J connectivity index is 0.000000243. The molecule has 2 aliphatic heterocycles. The molecule has 2 aliphatic rings. The van der Waals surface area contributed by atoms with Crippen LogP contribution in [0.1, 0.15) is 66.3 Å². The third kappa shape index (κ3) is 6.61. The number of likely N-dealkylation sites (tertiary alicyclic amines) is 1. The van der Waals surface area contributed by atoms with Crippen LogP contribution < -0.4 is 4.74 Å². The summed E-state index contributed by atoms with van der Waals surface area (Å²) < 4.78 is 25.3. The summed E-state index contributed by atoms with van der Waals surface area (Å²) in [5.74, 6) is 0.428. The number of imidazole rings is 1. The van der Waals surface area contributed by atoms with Gasteiger partial charge in [-0.1, -0.05) is 40.5 Å². The highest BCUT2D eigenvalue weighted by molar-refractivity contribution is 5.83. The molecule has 1 aromatic heterocycles. The van der Waals surface area contributed by atoms with Crippen molar-refractivity contribution in [3.63, 3.8) is 0 Å². The van der Waals surface area contributed by atoms with Crippen molar-refractivity contribution in [3.8, 4) is 5.75 Å². The van der Waals surface area contributed by atoms with Crippen molar-refractivity contribution in [1.82, 2.24) is 14.5 Å². The molecule has 1 amide bonds. The highest BCUT2D eigenvalue weighted by Gasteiger charge is 2.21. The fourth-order valence-corrected chi connectivity index (χ4v) is 2.86. The molecule has 1 aromatic carbocycles. The van der Waals surface area contributed by atoms with E-state index in [1.165, 1.54) is 26.0 Å². The molecule has 0 spiro atoms. The van der Waals surface area contributed by atoms with E-state index in [1.54, 1.807) is 17.3 Å². The van der Waals surface area contributed by atoms with Crippen molar-refractivity contribution in [3.05, 3.63) is 24.3 Å². The highest BCUT2D eigenvalue weighted by atomic mass is 19.1. The van der Waals surface area contributed by atoms with E-state index >= 15 is 0 Å². The lowest BCUT2D eigenvalue weighted by atomic mass is 10.2. The largest absolute Gasteiger partial charge is 0.489 e. The molecular weight excluding hydrogens is 373 g/mol. The molecular formula is C22H36FN3O3. The van der Waals surface area contributed by atoms with E-state index in [9.17, 15) is 9.18 Å². The zero-order valence-electron chi connectivity index (χ0n) is 18.7. The first-order valence-electron chi connectivity index (χ1n) is 10.6. The van der Waals surface area contributed by atoms with Gasteiger partial charge in [-0.3, -0.25) is 0 Å². The number of aromatic nitrogens is 2. The first kappa shape index (κ1) is 24.7. The molecule has 6 nitrogen and oxygen atoms in total. The fourth-order valence-electron chi connectivity index (χ4n) is 2.86. The molecule has 164 valence electrons. The van der Waals surface area contributed by atoms with Crippen LogP contribution in [0.4, 0.5) is 9.18 Å². The van der Waals surface area contributed by atoms with Crippen molar-refractivity contribution >= 4 is 17.1 Å². The van der Waals surface area contributed by atoms with Crippen LogP contribution in [0.15, 0.2) is 18.5 Å². The molecule has 29 heavy (non-hydrogen) atoms. The summed E-state index contributed by atoms with van der Waals surface area (Å²) in [5.41, 5.74) is 1.16. The van der Waals surface area contributed by atoms with Gasteiger partial charge in [-0.25, -0.2) is 14.2 Å². The first-order valence-corrected chi connectivity index (χ1v) is 10.6. The monoisotopic (exact) mass is 409 g/mol. The fraction of sp³-hybridized carbons (Fsp3) is 0.636. The molecule has 1 atom stereocenters. The minimum atomic E-state index is -0.291. The second-order valence-corrected chi connectivity index (χ2v) is 6.72. The van der Waals surface area contributed by atoms with Gasteiger partial charge in [0.05, 0.1) is 19.5 Å². The van der Waals surface area contributed by atoms with Crippen LogP contribution in [-0.2, 0) is 4.74 Å². The Morgan fingerprint density at radius 1 is 1.24 bits per heavy atom. The van der Waals surface area contributed by atoms with Gasteiger partial charge in [0.15, 0.2) is 5.82 Å². The smallest absolute Gasteiger partial charge is 0.409 e. The van der Waals surface area contributed by atoms with Crippen molar-refractivity contribution in [2.45, 2.75) is 66.3 Å². The topological polar surface area (TPSA) is 56.6 Å². The van der Waals surface area contributed by atoms with Crippen LogP contribution in [0, 0.1) is 5.82 Å². The molecule has 1 fully saturated rings. The predicted molar refractivity (Wildman–Crippen MR) is 115 cm³/mol. The maximum atomic E-state index is 13.3. The van der Waals surface area contributed by atoms with E-state index in [1.807, 2.05) is 25.3 Å². The molecule has 2 aromatic rings. The van der Waals surface area contributed by atoms with Crippen LogP contribution in [0.2, 0.25) is 0 Å². The Labute approximate surface area is 174 Å². The number of nitrogens with zero attached hydrogens (tertiary/aromatic N) is 3. The molecule has 7 heteroatoms. The third-order valence-electron chi connectivity index (χ3n) is 4.63. The van der Waals surface area contributed by atoms with Crippen LogP contribution in [0.5, 0.6) is 5.75 Å². The molecule has 0 N–H and O–H groups in total. The Hall–Kier alpha value is -2.31. The predicted octanol–water partition coefficient (Wildman–Crippen LogP) is 5.81. The van der Waals surface area contributed by atoms with Gasteiger partial charge in [0, 0.05) is 13.1 Å². The Morgan fingerprint density at radius 3 is 2.41 bits per heavy atom. The summed E-state index contributed by atoms with van der Waals surface area (Å²) in [6.45, 7) is 12.7. The number of ether oxygens (including phenoxy) is 2. The van der Waals surface area contributed by atoms with Crippen molar-refractivity contribution in [2.24, 2.45) is 0 Å². The lowest BCUT2D eigenvalue weighted by Gasteiger charge is -2.22. The summed E-state index contributed by atoms with van der Waals surface area (Å²) in [5, 5.41) is 0. The minimum Gasteiger partial charge on any atom is -0.489 e. The summed E-state index contributed by atoms with van der Waals surface area (Å²) >= 11 is 0. The SMILES string of the molecule is CC.CCCC.COC(=O)N1CCCC1.C[C@H]1COc2ccc(F)c3ncn1c23. The van der Waals surface area contributed by atoms with Gasteiger partial charge in [0.2, 0.25) is 0 Å². The van der Waals surface area contributed by atoms with Gasteiger partial charge in [-0.2, -0.15) is 0 Å². The zero-order valence-corrected chi connectivity index (χ0v) is 18.7. The quantitative estimate of drug-likeness (QED) is 0.596. The average Bonchev–Trinajstić information content (AvgIpc) is 3.45. The van der Waals surface area contributed by atoms with Crippen LogP contribution in [-0.4, -0.2) is 47.4 Å². The lowest BCUT2D eigenvalue weighted by Crippen LogP contribution is -2.27. The zero-order chi connectivity index (χ0) is 21.8. The van der Waals surface area contributed by atoms with Gasteiger partial charge in [0.25, 0.3) is 0 Å². The maximum Gasteiger partial charge on any atom is 0.409 e. The number of hydrogen-bond donors (Lipinski definition) is 0. The molecule has 0 unspecified atom stereocenters. The Morgan fingerprint density at radius 2 is 1.86 bits per heavy atom. The van der Waals surface area contributed by atoms with Gasteiger partial charge in [-0.05, 0) is 31.9 Å². The summed E-state index contributed by atoms with van der Waals surface area (Å²) in [6, 6.07) is 3.27. The molecule has 0 radical (unpaired) electrons. The number of unbranched alkanes of at least 4 members (excludes halogenated alkanes) is 1. The average molecular weight is 410 g/mol. The summed E-state index contributed by atoms with van der Waals surface area (Å²) in [7, 11) is 1.42. The Kier molecular flexibility index (Phi) is 11.1. The van der Waals surface area contributed by atoms with E-state index in [0.717, 1.165) is 37.2 Å². The van der Waals surface area contributed by atoms with Gasteiger partial charge in [0.1, 0.15) is 23.4 Å². The van der Waals surface area contributed by atoms with Crippen LogP contribution >= 0.6 is 0 Å². The number of carbonyl (C=O) groups is 1. The van der Waals surface area contributed by atoms with Crippen LogP contribution in [0.3, 0.4) is 0 Å². The third-order valence-corrected chi connectivity index (χ3v) is 4.63. The number of amides is 1. The van der Waals surface area contributed by atoms with Crippen molar-refractivity contribution in [2.75, 3.05) is 26.8 Å². The first-order chi connectivity index (χ1) is 14.0. The molecule has 1 saturated heterocycles. The molecule has 0 aliphatic carbocycles. The maximum absolute atomic E-state index is 13.3. The lowest BCUT2D eigenvalue weighted by molar-refractivity contribution is 0.133. The van der Waals surface area contributed by atoms with Gasteiger partial charge < -0.3 is 18.9 Å². The van der Waals surface area contributed by atoms with Gasteiger partial charge in [-0.15, -0.1) is 0 Å². The molecule has 3 heterocycles. The summed E-state index contributed by atoms with van der Waals surface area (Å²) in [6.07, 6.45) is 6.36. The number of benzene rings is 1. The number of methoxy groups -OCH3 is 1.